The number of benzene rings is 2. The van der Waals surface area contributed by atoms with Crippen molar-refractivity contribution in [1.82, 2.24) is 15.0 Å². The summed E-state index contributed by atoms with van der Waals surface area (Å²) in [6.45, 7) is 1.40. The number of nitrogens with one attached hydrogen (secondary N) is 2. The number of hydrogen-bond donors (Lipinski definition) is 3. The lowest BCUT2D eigenvalue weighted by atomic mass is 10.3. The quantitative estimate of drug-likeness (QED) is 0.366. The minimum atomic E-state index is -0.621. The van der Waals surface area contributed by atoms with Gasteiger partial charge in [-0.25, -0.2) is 4.39 Å². The second-order valence-corrected chi connectivity index (χ2v) is 8.20. The van der Waals surface area contributed by atoms with Gasteiger partial charge in [0.2, 0.25) is 17.8 Å². The van der Waals surface area contributed by atoms with Crippen molar-refractivity contribution >= 4 is 46.9 Å². The molecule has 1 aromatic heterocycles. The summed E-state index contributed by atoms with van der Waals surface area (Å²) in [6.07, 6.45) is 0. The molecular formula is C22H23FN6O4S. The van der Waals surface area contributed by atoms with E-state index >= 15 is 0 Å². The Hall–Kier alpha value is -3.93. The lowest BCUT2D eigenvalue weighted by Gasteiger charge is -2.12. The minimum Gasteiger partial charge on any atom is -0.495 e. The van der Waals surface area contributed by atoms with Crippen molar-refractivity contribution in [2.45, 2.75) is 18.8 Å². The monoisotopic (exact) mass is 486 g/mol. The zero-order valence-electron chi connectivity index (χ0n) is 18.4. The van der Waals surface area contributed by atoms with Gasteiger partial charge in [0.15, 0.2) is 12.4 Å². The number of aromatic nitrogens is 3. The molecule has 0 fully saturated rings. The number of nitrogens with zero attached hydrogens (tertiary/aromatic N) is 3. The molecule has 1 amide bonds. The Morgan fingerprint density at radius 3 is 2.59 bits per heavy atom. The largest absolute Gasteiger partial charge is 0.495 e. The van der Waals surface area contributed by atoms with E-state index in [4.69, 9.17) is 15.2 Å². The molecule has 0 bridgehead atoms. The van der Waals surface area contributed by atoms with Crippen molar-refractivity contribution in [3.63, 3.8) is 0 Å². The predicted octanol–water partition coefficient (Wildman–Crippen LogP) is 3.15. The number of ether oxygens (including phenoxy) is 2. The summed E-state index contributed by atoms with van der Waals surface area (Å²) in [6, 6.07) is 12.6. The Kier molecular flexibility index (Phi) is 8.57. The van der Waals surface area contributed by atoms with Gasteiger partial charge in [-0.2, -0.15) is 15.0 Å². The average molecular weight is 487 g/mol. The van der Waals surface area contributed by atoms with Crippen LogP contribution in [0.15, 0.2) is 48.5 Å². The lowest BCUT2D eigenvalue weighted by Crippen LogP contribution is -2.22. The van der Waals surface area contributed by atoms with Crippen molar-refractivity contribution in [2.24, 2.45) is 0 Å². The molecule has 12 heteroatoms. The molecule has 0 aliphatic heterocycles. The van der Waals surface area contributed by atoms with Crippen LogP contribution in [0.1, 0.15) is 12.7 Å². The molecule has 178 valence electrons. The van der Waals surface area contributed by atoms with Crippen LogP contribution in [-0.4, -0.2) is 44.9 Å². The van der Waals surface area contributed by atoms with E-state index in [0.29, 0.717) is 17.1 Å². The normalized spacial score (nSPS) is 11.4. The Balaban J connectivity index is 1.50. The number of thioether (sulfide) groups is 1. The third-order valence-corrected chi connectivity index (χ3v) is 5.44. The van der Waals surface area contributed by atoms with E-state index in [-0.39, 0.29) is 36.0 Å². The maximum atomic E-state index is 12.9. The number of methoxy groups -OCH3 is 1. The first-order valence-corrected chi connectivity index (χ1v) is 11.1. The molecule has 10 nitrogen and oxygen atoms in total. The highest BCUT2D eigenvalue weighted by Gasteiger charge is 2.18. The van der Waals surface area contributed by atoms with E-state index in [2.05, 4.69) is 25.6 Å². The van der Waals surface area contributed by atoms with Crippen LogP contribution in [0.3, 0.4) is 0 Å². The van der Waals surface area contributed by atoms with Gasteiger partial charge in [0.25, 0.3) is 0 Å². The van der Waals surface area contributed by atoms with Crippen LogP contribution in [0.2, 0.25) is 0 Å². The van der Waals surface area contributed by atoms with E-state index in [9.17, 15) is 14.0 Å². The Bertz CT molecular complexity index is 1150. The maximum Gasteiger partial charge on any atom is 0.319 e. The summed E-state index contributed by atoms with van der Waals surface area (Å²) in [4.78, 5) is 36.6. The van der Waals surface area contributed by atoms with Crippen molar-refractivity contribution in [2.75, 3.05) is 29.2 Å². The molecule has 1 atom stereocenters. The first-order valence-electron chi connectivity index (χ1n) is 10.1. The highest BCUT2D eigenvalue weighted by molar-refractivity contribution is 8.01. The number of carbonyl (C=O) groups is 2. The zero-order chi connectivity index (χ0) is 24.5. The summed E-state index contributed by atoms with van der Waals surface area (Å²) in [7, 11) is 1.54. The summed E-state index contributed by atoms with van der Waals surface area (Å²) in [5.41, 5.74) is 6.85. The maximum absolute atomic E-state index is 12.9. The molecular weight excluding hydrogens is 463 g/mol. The zero-order valence-corrected chi connectivity index (χ0v) is 19.3. The van der Waals surface area contributed by atoms with Gasteiger partial charge in [-0.3, -0.25) is 9.59 Å². The van der Waals surface area contributed by atoms with Crippen LogP contribution < -0.4 is 21.1 Å². The van der Waals surface area contributed by atoms with Crippen LogP contribution in [0.5, 0.6) is 5.75 Å². The van der Waals surface area contributed by atoms with Gasteiger partial charge in [-0.15, -0.1) is 11.8 Å². The number of nitrogens with two attached hydrogens (primary N) is 1. The third kappa shape index (κ3) is 7.30. The highest BCUT2D eigenvalue weighted by Crippen LogP contribution is 2.25. The Morgan fingerprint density at radius 2 is 1.85 bits per heavy atom. The van der Waals surface area contributed by atoms with E-state index < -0.39 is 17.0 Å². The molecule has 4 N–H and O–H groups in total. The van der Waals surface area contributed by atoms with Crippen LogP contribution in [-0.2, 0) is 20.9 Å². The first kappa shape index (κ1) is 24.7. The van der Waals surface area contributed by atoms with Gasteiger partial charge < -0.3 is 25.8 Å². The number of nitrogen functional groups attached to an aromatic ring is 1. The van der Waals surface area contributed by atoms with Crippen LogP contribution in [0.25, 0.3) is 0 Å². The summed E-state index contributed by atoms with van der Waals surface area (Å²) < 4.78 is 23.5. The second-order valence-electron chi connectivity index (χ2n) is 6.87. The number of amides is 1. The molecule has 3 rings (SSSR count). The fourth-order valence-corrected chi connectivity index (χ4v) is 3.36. The summed E-state index contributed by atoms with van der Waals surface area (Å²) in [5, 5.41) is 5.00. The van der Waals surface area contributed by atoms with Gasteiger partial charge in [0.05, 0.1) is 18.6 Å². The fraction of sp³-hybridized carbons (Fsp3) is 0.227. The van der Waals surface area contributed by atoms with Crippen molar-refractivity contribution in [3.05, 3.63) is 60.2 Å². The van der Waals surface area contributed by atoms with Crippen LogP contribution >= 0.6 is 11.8 Å². The Morgan fingerprint density at radius 1 is 1.12 bits per heavy atom. The molecule has 3 aromatic rings. The molecule has 1 heterocycles. The molecule has 0 saturated heterocycles. The predicted molar refractivity (Wildman–Crippen MR) is 127 cm³/mol. The van der Waals surface area contributed by atoms with Gasteiger partial charge in [0, 0.05) is 5.69 Å². The first-order chi connectivity index (χ1) is 16.3. The van der Waals surface area contributed by atoms with Gasteiger partial charge in [0.1, 0.15) is 16.8 Å². The smallest absolute Gasteiger partial charge is 0.319 e. The van der Waals surface area contributed by atoms with Crippen molar-refractivity contribution < 1.29 is 23.5 Å². The van der Waals surface area contributed by atoms with Gasteiger partial charge in [-0.1, -0.05) is 12.1 Å². The number of esters is 1. The molecule has 34 heavy (non-hydrogen) atoms. The SMILES string of the molecule is COc1ccccc1Nc1nc(N)nc(COC(=O)C(C)SCC(=O)Nc2ccc(F)cc2)n1. The Labute approximate surface area is 199 Å². The van der Waals surface area contributed by atoms with E-state index in [1.54, 1.807) is 26.2 Å². The fourth-order valence-electron chi connectivity index (χ4n) is 2.68. The van der Waals surface area contributed by atoms with E-state index in [0.717, 1.165) is 11.8 Å². The number of halogens is 1. The van der Waals surface area contributed by atoms with E-state index in [1.807, 2.05) is 12.1 Å². The van der Waals surface area contributed by atoms with Gasteiger partial charge >= 0.3 is 5.97 Å². The molecule has 1 unspecified atom stereocenters. The molecule has 0 radical (unpaired) electrons. The highest BCUT2D eigenvalue weighted by atomic mass is 32.2. The summed E-state index contributed by atoms with van der Waals surface area (Å²) >= 11 is 1.10. The number of anilines is 4. The minimum absolute atomic E-state index is 0.0132. The average Bonchev–Trinajstić information content (AvgIpc) is 2.82. The number of carbonyl (C=O) groups excluding carboxylic acids is 2. The van der Waals surface area contributed by atoms with Crippen LogP contribution in [0, 0.1) is 5.82 Å². The molecule has 0 aliphatic rings. The topological polar surface area (TPSA) is 141 Å². The van der Waals surface area contributed by atoms with Crippen molar-refractivity contribution in [1.29, 1.82) is 0 Å². The number of hydrogen-bond acceptors (Lipinski definition) is 10. The molecule has 0 saturated carbocycles. The summed E-state index contributed by atoms with van der Waals surface area (Å²) in [5.74, 6) is -0.383. The standard InChI is InChI=1S/C22H23FN6O4S/c1-13(34-12-19(30)25-15-9-7-14(23)8-10-15)20(31)33-11-18-27-21(24)29-22(28-18)26-16-5-3-4-6-17(16)32-2/h3-10,13H,11-12H2,1-2H3,(H,25,30)(H3,24,26,27,28,29). The van der Waals surface area contributed by atoms with Gasteiger partial charge in [-0.05, 0) is 43.3 Å². The van der Waals surface area contributed by atoms with Crippen LogP contribution in [0.4, 0.5) is 27.7 Å². The van der Waals surface area contributed by atoms with E-state index in [1.165, 1.54) is 24.3 Å². The number of rotatable bonds is 10. The molecule has 0 spiro atoms. The number of para-hydroxylation sites is 2. The lowest BCUT2D eigenvalue weighted by molar-refractivity contribution is -0.144. The molecule has 0 aliphatic carbocycles. The third-order valence-electron chi connectivity index (χ3n) is 4.32. The molecule has 2 aromatic carbocycles. The second kappa shape index (κ2) is 11.8. The van der Waals surface area contributed by atoms with Crippen molar-refractivity contribution in [3.8, 4) is 5.75 Å².